The first kappa shape index (κ1) is 17.5. The van der Waals surface area contributed by atoms with Crippen LogP contribution in [0.5, 0.6) is 0 Å². The van der Waals surface area contributed by atoms with E-state index in [1.165, 1.54) is 16.3 Å². The van der Waals surface area contributed by atoms with Gasteiger partial charge in [0, 0.05) is 16.5 Å². The molecule has 0 saturated carbocycles. The van der Waals surface area contributed by atoms with E-state index in [0.717, 1.165) is 0 Å². The van der Waals surface area contributed by atoms with Crippen LogP contribution < -0.4 is 0 Å². The van der Waals surface area contributed by atoms with Gasteiger partial charge in [0.1, 0.15) is 0 Å². The molecule has 0 aliphatic heterocycles. The Labute approximate surface area is 57.2 Å². The topological polar surface area (TPSA) is 0 Å². The normalized spacial score (nSPS) is 1.25. The summed E-state index contributed by atoms with van der Waals surface area (Å²) in [6.45, 7) is 0. The fourth-order valence-corrected chi connectivity index (χ4v) is 0. The second-order valence-electron chi connectivity index (χ2n) is 0. The van der Waals surface area contributed by atoms with Gasteiger partial charge in [-0.05, 0) is 0 Å². The summed E-state index contributed by atoms with van der Waals surface area (Å²) in [5.41, 5.74) is 0. The third-order valence-electron chi connectivity index (χ3n) is 0. The monoisotopic (exact) mass is 110 g/mol. The minimum absolute atomic E-state index is 0. The van der Waals surface area contributed by atoms with Crippen molar-refractivity contribution in [3.63, 3.8) is 0 Å². The summed E-state index contributed by atoms with van der Waals surface area (Å²) in [6.07, 6.45) is 0. The van der Waals surface area contributed by atoms with Gasteiger partial charge in [0.05, 0.1) is 0 Å². The molecule has 0 amide bonds. The SMILES string of the molecule is [CH3][AlH2].[LiH].[Ni]. The molecular weight excluding hydrogens is 105 g/mol. The van der Waals surface area contributed by atoms with Gasteiger partial charge in [0.15, 0.2) is 0 Å². The van der Waals surface area contributed by atoms with Gasteiger partial charge < -0.3 is 0 Å². The molecular formula is CH6AlLiNi. The van der Waals surface area contributed by atoms with Crippen molar-refractivity contribution in [3.05, 3.63) is 0 Å². The zero-order valence-corrected chi connectivity index (χ0v) is 5.30. The van der Waals surface area contributed by atoms with E-state index < -0.39 is 0 Å². The van der Waals surface area contributed by atoms with Crippen molar-refractivity contribution in [3.8, 4) is 0 Å². The Morgan fingerprint density at radius 1 is 1.25 bits per heavy atom. The van der Waals surface area contributed by atoms with Crippen LogP contribution in [0.15, 0.2) is 0 Å². The summed E-state index contributed by atoms with van der Waals surface area (Å²) >= 11 is 1.31. The van der Waals surface area contributed by atoms with Gasteiger partial charge in [-0.1, -0.05) is 0 Å². The van der Waals surface area contributed by atoms with Crippen LogP contribution in [0.3, 0.4) is 0 Å². The predicted molar refractivity (Wildman–Crippen MR) is 21.6 cm³/mol. The van der Waals surface area contributed by atoms with Crippen LogP contribution in [-0.2, 0) is 16.5 Å². The van der Waals surface area contributed by atoms with Crippen LogP contribution in [0.4, 0.5) is 0 Å². The summed E-state index contributed by atoms with van der Waals surface area (Å²) in [6, 6.07) is 0. The van der Waals surface area contributed by atoms with Gasteiger partial charge in [-0.3, -0.25) is 0 Å². The molecule has 0 spiro atoms. The van der Waals surface area contributed by atoms with Crippen LogP contribution in [0.2, 0.25) is 5.79 Å². The Kier molecular flexibility index (Phi) is 101. The number of hydrogen-bond acceptors (Lipinski definition) is 0. The molecule has 0 heterocycles. The molecule has 0 aromatic heterocycles. The van der Waals surface area contributed by atoms with Crippen molar-refractivity contribution in [2.45, 2.75) is 5.79 Å². The maximum Gasteiger partial charge on any atom is 0 e. The smallest absolute Gasteiger partial charge is 0 e. The summed E-state index contributed by atoms with van der Waals surface area (Å²) in [4.78, 5) is 0. The molecule has 24 valence electrons. The van der Waals surface area contributed by atoms with Gasteiger partial charge in [0.25, 0.3) is 0 Å². The van der Waals surface area contributed by atoms with E-state index in [9.17, 15) is 0 Å². The Balaban J connectivity index is -0.00000000500. The van der Waals surface area contributed by atoms with Crippen LogP contribution in [0.1, 0.15) is 0 Å². The fraction of sp³-hybridized carbons (Fsp3) is 1.00. The Hall–Kier alpha value is 1.62. The van der Waals surface area contributed by atoms with E-state index in [2.05, 4.69) is 5.79 Å². The maximum absolute atomic E-state index is 2.14. The van der Waals surface area contributed by atoms with Gasteiger partial charge >= 0.3 is 18.9 Å². The fourth-order valence-electron chi connectivity index (χ4n) is 0. The van der Waals surface area contributed by atoms with Crippen molar-refractivity contribution in [2.75, 3.05) is 0 Å². The first-order valence-electron chi connectivity index (χ1n) is 1.00. The average Bonchev–Trinajstić information content (AvgIpc) is 1.00. The first-order chi connectivity index (χ1) is 1.00. The molecule has 0 bridgehead atoms. The zero-order valence-electron chi connectivity index (χ0n) is 2.32. The quantitative estimate of drug-likeness (QED) is 0.352. The number of hydrogen-bond donors (Lipinski definition) is 0. The first-order valence-corrected chi connectivity index (χ1v) is 3.00. The molecule has 4 heavy (non-hydrogen) atoms. The van der Waals surface area contributed by atoms with Crippen molar-refractivity contribution in [1.29, 1.82) is 0 Å². The summed E-state index contributed by atoms with van der Waals surface area (Å²) in [7, 11) is 0. The molecule has 0 aliphatic carbocycles. The molecule has 0 aromatic carbocycles. The summed E-state index contributed by atoms with van der Waals surface area (Å²) < 4.78 is 0. The second kappa shape index (κ2) is 23.0. The Bertz CT molecular complexity index is 8.00. The van der Waals surface area contributed by atoms with E-state index in [1.807, 2.05) is 0 Å². The molecule has 0 nitrogen and oxygen atoms in total. The summed E-state index contributed by atoms with van der Waals surface area (Å²) in [5, 5.41) is 0. The molecule has 0 aromatic rings. The van der Waals surface area contributed by atoms with Crippen molar-refractivity contribution < 1.29 is 16.5 Å². The Morgan fingerprint density at radius 3 is 1.25 bits per heavy atom. The molecule has 0 saturated heterocycles. The average molecular weight is 111 g/mol. The molecule has 0 N–H and O–H groups in total. The van der Waals surface area contributed by atoms with Crippen molar-refractivity contribution in [2.24, 2.45) is 0 Å². The summed E-state index contributed by atoms with van der Waals surface area (Å²) in [5.74, 6) is 2.14. The van der Waals surface area contributed by atoms with Crippen molar-refractivity contribution in [1.82, 2.24) is 0 Å². The van der Waals surface area contributed by atoms with Crippen LogP contribution >= 0.6 is 0 Å². The van der Waals surface area contributed by atoms with Gasteiger partial charge in [0.2, 0.25) is 16.3 Å². The van der Waals surface area contributed by atoms with E-state index in [0.29, 0.717) is 0 Å². The third-order valence-corrected chi connectivity index (χ3v) is 0. The predicted octanol–water partition coefficient (Wildman–Crippen LogP) is -0.983. The van der Waals surface area contributed by atoms with Gasteiger partial charge in [-0.15, -0.1) is 5.79 Å². The van der Waals surface area contributed by atoms with Gasteiger partial charge in [-0.25, -0.2) is 0 Å². The minimum Gasteiger partial charge on any atom is 0 e. The molecule has 0 radical (unpaired) electrons. The van der Waals surface area contributed by atoms with Gasteiger partial charge in [-0.2, -0.15) is 0 Å². The molecule has 0 aliphatic rings. The van der Waals surface area contributed by atoms with Crippen LogP contribution in [0.25, 0.3) is 0 Å². The molecule has 0 unspecified atom stereocenters. The second-order valence-corrected chi connectivity index (χ2v) is 0. The van der Waals surface area contributed by atoms with E-state index in [1.54, 1.807) is 0 Å². The number of rotatable bonds is 0. The van der Waals surface area contributed by atoms with E-state index >= 15 is 0 Å². The van der Waals surface area contributed by atoms with E-state index in [-0.39, 0.29) is 35.4 Å². The maximum atomic E-state index is 2.14. The Morgan fingerprint density at radius 2 is 1.25 bits per heavy atom. The van der Waals surface area contributed by atoms with E-state index in [4.69, 9.17) is 0 Å². The van der Waals surface area contributed by atoms with Crippen LogP contribution in [0, 0.1) is 0 Å². The minimum atomic E-state index is 0. The largest absolute Gasteiger partial charge is 0 e. The standard InChI is InChI=1S/CH3.Al.Li.Ni.3H/h1H3;;;;;;. The molecule has 0 rings (SSSR count). The molecule has 0 atom stereocenters. The van der Waals surface area contributed by atoms with Crippen LogP contribution in [-0.4, -0.2) is 35.2 Å². The zero-order chi connectivity index (χ0) is 2.00. The molecule has 0 fully saturated rings. The third kappa shape index (κ3) is 9.46. The van der Waals surface area contributed by atoms with Crippen molar-refractivity contribution >= 4 is 35.2 Å². The molecule has 3 heteroatoms.